The zero-order valence-corrected chi connectivity index (χ0v) is 11.4. The molecule has 0 saturated carbocycles. The van der Waals surface area contributed by atoms with Gasteiger partial charge in [-0.2, -0.15) is 0 Å². The van der Waals surface area contributed by atoms with Gasteiger partial charge in [-0.25, -0.2) is 4.79 Å². The van der Waals surface area contributed by atoms with Crippen LogP contribution in [0.25, 0.3) is 0 Å². The fourth-order valence-electron chi connectivity index (χ4n) is 2.20. The summed E-state index contributed by atoms with van der Waals surface area (Å²) in [5.74, 6) is -1.00. The van der Waals surface area contributed by atoms with E-state index in [9.17, 15) is 9.59 Å². The van der Waals surface area contributed by atoms with Gasteiger partial charge in [0.05, 0.1) is 12.3 Å². The van der Waals surface area contributed by atoms with Gasteiger partial charge in [0.1, 0.15) is 11.8 Å². The molecule has 6 nitrogen and oxygen atoms in total. The maximum atomic E-state index is 12.3. The second-order valence-corrected chi connectivity index (χ2v) is 4.70. The number of amides is 1. The molecule has 0 aliphatic carbocycles. The molecule has 0 radical (unpaired) electrons. The highest BCUT2D eigenvalue weighted by atomic mass is 16.5. The quantitative estimate of drug-likeness (QED) is 0.863. The van der Waals surface area contributed by atoms with Crippen LogP contribution in [-0.4, -0.2) is 34.2 Å². The molecule has 108 valence electrons. The highest BCUT2D eigenvalue weighted by Crippen LogP contribution is 2.36. The number of anilines is 1. The minimum Gasteiger partial charge on any atom is -0.480 e. The van der Waals surface area contributed by atoms with Gasteiger partial charge in [0.15, 0.2) is 6.10 Å². The summed E-state index contributed by atoms with van der Waals surface area (Å²) >= 11 is 0. The van der Waals surface area contributed by atoms with Crippen molar-refractivity contribution in [1.29, 1.82) is 0 Å². The average molecular weight is 279 g/mol. The first kappa shape index (κ1) is 14.3. The van der Waals surface area contributed by atoms with E-state index in [1.54, 1.807) is 25.1 Å². The molecule has 1 amide bonds. The van der Waals surface area contributed by atoms with E-state index in [-0.39, 0.29) is 12.5 Å². The van der Waals surface area contributed by atoms with E-state index in [2.05, 4.69) is 0 Å². The van der Waals surface area contributed by atoms with E-state index in [1.807, 2.05) is 0 Å². The summed E-state index contributed by atoms with van der Waals surface area (Å²) < 4.78 is 5.60. The van der Waals surface area contributed by atoms with Crippen LogP contribution >= 0.6 is 0 Å². The number of ether oxygens (including phenoxy) is 1. The van der Waals surface area contributed by atoms with Crippen LogP contribution in [0.15, 0.2) is 18.2 Å². The Labute approximate surface area is 116 Å². The second-order valence-electron chi connectivity index (χ2n) is 4.70. The second kappa shape index (κ2) is 5.50. The van der Waals surface area contributed by atoms with E-state index < -0.39 is 18.1 Å². The van der Waals surface area contributed by atoms with Gasteiger partial charge in [0.2, 0.25) is 0 Å². The Bertz CT molecular complexity index is 542. The number of aliphatic carboxylic acids is 1. The van der Waals surface area contributed by atoms with Gasteiger partial charge in [0, 0.05) is 0 Å². The van der Waals surface area contributed by atoms with Gasteiger partial charge in [-0.05, 0) is 31.0 Å². The number of carbonyl (C=O) groups excluding carboxylic acids is 1. The van der Waals surface area contributed by atoms with Crippen LogP contribution in [0.2, 0.25) is 0 Å². The van der Waals surface area contributed by atoms with Crippen molar-refractivity contribution in [3.8, 4) is 5.75 Å². The molecule has 2 atom stereocenters. The van der Waals surface area contributed by atoms with E-state index in [0.29, 0.717) is 23.4 Å². The number of hydrogen-bond acceptors (Lipinski definition) is 4. The molecule has 20 heavy (non-hydrogen) atoms. The Morgan fingerprint density at radius 3 is 2.75 bits per heavy atom. The van der Waals surface area contributed by atoms with Gasteiger partial charge >= 0.3 is 5.97 Å². The lowest BCUT2D eigenvalue weighted by Gasteiger charge is -2.36. The van der Waals surface area contributed by atoms with Crippen molar-refractivity contribution in [3.63, 3.8) is 0 Å². The minimum absolute atomic E-state index is 0.143. The monoisotopic (exact) mass is 279 g/mol. The topological polar surface area (TPSA) is 87.1 Å². The summed E-state index contributed by atoms with van der Waals surface area (Å²) in [4.78, 5) is 24.8. The third-order valence-electron chi connectivity index (χ3n) is 3.36. The standard InChI is InChI=1S/C14H17NO5/c1-3-11-13(17)15(8(2)14(18)19)10-5-4-9(7-16)6-12(10)20-11/h4-6,8,11,16H,3,7H2,1-2H3,(H,18,19). The molecular weight excluding hydrogens is 262 g/mol. The van der Waals surface area contributed by atoms with Crippen LogP contribution in [0.5, 0.6) is 5.75 Å². The van der Waals surface area contributed by atoms with Gasteiger partial charge < -0.3 is 14.9 Å². The molecular formula is C14H17NO5. The number of carboxylic acids is 1. The predicted molar refractivity (Wildman–Crippen MR) is 71.7 cm³/mol. The summed E-state index contributed by atoms with van der Waals surface area (Å²) in [6, 6.07) is 3.90. The first-order valence-electron chi connectivity index (χ1n) is 6.45. The normalized spacial score (nSPS) is 19.2. The fourth-order valence-corrected chi connectivity index (χ4v) is 2.20. The molecule has 0 fully saturated rings. The zero-order valence-electron chi connectivity index (χ0n) is 11.4. The molecule has 1 aromatic rings. The SMILES string of the molecule is CCC1Oc2cc(CO)ccc2N(C(C)C(=O)O)C1=O. The van der Waals surface area contributed by atoms with Gasteiger partial charge in [-0.15, -0.1) is 0 Å². The first-order chi connectivity index (χ1) is 9.49. The predicted octanol–water partition coefficient (Wildman–Crippen LogP) is 1.16. The smallest absolute Gasteiger partial charge is 0.326 e. The van der Waals surface area contributed by atoms with Gasteiger partial charge in [-0.3, -0.25) is 9.69 Å². The van der Waals surface area contributed by atoms with E-state index in [1.165, 1.54) is 11.8 Å². The van der Waals surface area contributed by atoms with Crippen LogP contribution in [0.1, 0.15) is 25.8 Å². The number of fused-ring (bicyclic) bond motifs is 1. The molecule has 1 heterocycles. The zero-order chi connectivity index (χ0) is 14.9. The molecule has 2 unspecified atom stereocenters. The number of benzene rings is 1. The molecule has 2 N–H and O–H groups in total. The Morgan fingerprint density at radius 1 is 1.50 bits per heavy atom. The van der Waals surface area contributed by atoms with Gasteiger partial charge in [0.25, 0.3) is 5.91 Å². The lowest BCUT2D eigenvalue weighted by atomic mass is 10.1. The molecule has 6 heteroatoms. The summed E-state index contributed by atoms with van der Waals surface area (Å²) in [5, 5.41) is 18.3. The lowest BCUT2D eigenvalue weighted by Crippen LogP contribution is -2.52. The molecule has 0 spiro atoms. The summed E-state index contributed by atoms with van der Waals surface area (Å²) in [6.07, 6.45) is -0.247. The van der Waals surface area contributed by atoms with Crippen LogP contribution < -0.4 is 9.64 Å². The number of hydrogen-bond donors (Lipinski definition) is 2. The Balaban J connectivity index is 2.50. The lowest BCUT2D eigenvalue weighted by molar-refractivity contribution is -0.140. The summed E-state index contributed by atoms with van der Waals surface area (Å²) in [6.45, 7) is 3.12. The summed E-state index contributed by atoms with van der Waals surface area (Å²) in [5.41, 5.74) is 1.07. The van der Waals surface area contributed by atoms with Crippen LogP contribution in [0.4, 0.5) is 5.69 Å². The number of rotatable bonds is 4. The molecule has 0 aromatic heterocycles. The third-order valence-corrected chi connectivity index (χ3v) is 3.36. The van der Waals surface area contributed by atoms with Crippen molar-refractivity contribution >= 4 is 17.6 Å². The molecule has 1 aliphatic heterocycles. The summed E-state index contributed by atoms with van der Waals surface area (Å²) in [7, 11) is 0. The average Bonchev–Trinajstić information content (AvgIpc) is 2.45. The first-order valence-corrected chi connectivity index (χ1v) is 6.45. The van der Waals surface area contributed by atoms with Crippen molar-refractivity contribution in [2.45, 2.75) is 39.0 Å². The Kier molecular flexibility index (Phi) is 3.94. The highest BCUT2D eigenvalue weighted by molar-refractivity contribution is 6.04. The molecule has 2 rings (SSSR count). The highest BCUT2D eigenvalue weighted by Gasteiger charge is 2.38. The molecule has 0 saturated heterocycles. The number of carboxylic acid groups (broad SMARTS) is 1. The number of aliphatic hydroxyl groups excluding tert-OH is 1. The van der Waals surface area contributed by atoms with Crippen LogP contribution in [0, 0.1) is 0 Å². The van der Waals surface area contributed by atoms with Crippen molar-refractivity contribution in [2.75, 3.05) is 4.90 Å². The fraction of sp³-hybridized carbons (Fsp3) is 0.429. The maximum Gasteiger partial charge on any atom is 0.326 e. The van der Waals surface area contributed by atoms with Crippen molar-refractivity contribution < 1.29 is 24.5 Å². The van der Waals surface area contributed by atoms with Crippen molar-refractivity contribution in [2.24, 2.45) is 0 Å². The largest absolute Gasteiger partial charge is 0.480 e. The Hall–Kier alpha value is -2.08. The number of nitrogens with zero attached hydrogens (tertiary/aromatic N) is 1. The maximum absolute atomic E-state index is 12.3. The molecule has 0 bridgehead atoms. The van der Waals surface area contributed by atoms with Crippen molar-refractivity contribution in [1.82, 2.24) is 0 Å². The third kappa shape index (κ3) is 2.34. The van der Waals surface area contributed by atoms with Crippen molar-refractivity contribution in [3.05, 3.63) is 23.8 Å². The molecule has 1 aliphatic rings. The minimum atomic E-state index is -1.08. The van der Waals surface area contributed by atoms with Crippen LogP contribution in [-0.2, 0) is 16.2 Å². The number of carbonyl (C=O) groups is 2. The van der Waals surface area contributed by atoms with E-state index >= 15 is 0 Å². The van der Waals surface area contributed by atoms with Gasteiger partial charge in [-0.1, -0.05) is 13.0 Å². The molecule has 1 aromatic carbocycles. The van der Waals surface area contributed by atoms with Crippen LogP contribution in [0.3, 0.4) is 0 Å². The van der Waals surface area contributed by atoms with E-state index in [4.69, 9.17) is 14.9 Å². The van der Waals surface area contributed by atoms with E-state index in [0.717, 1.165) is 0 Å². The number of aliphatic hydroxyl groups is 1. The Morgan fingerprint density at radius 2 is 2.20 bits per heavy atom.